The van der Waals surface area contributed by atoms with E-state index in [1.165, 1.54) is 32.1 Å². The normalized spacial score (nSPS) is 28.3. The summed E-state index contributed by atoms with van der Waals surface area (Å²) in [5, 5.41) is 4.37. The number of nitrogens with zero attached hydrogens (tertiary/aromatic N) is 4. The van der Waals surface area contributed by atoms with E-state index in [1.54, 1.807) is 0 Å². The van der Waals surface area contributed by atoms with E-state index in [1.807, 2.05) is 24.1 Å². The van der Waals surface area contributed by atoms with Crippen molar-refractivity contribution in [2.75, 3.05) is 32.8 Å². The average Bonchev–Trinajstić information content (AvgIpc) is 3.26. The van der Waals surface area contributed by atoms with Gasteiger partial charge in [0.25, 0.3) is 0 Å². The molecule has 1 aromatic rings. The maximum atomic E-state index is 13.1. The predicted octanol–water partition coefficient (Wildman–Crippen LogP) is 2.75. The summed E-state index contributed by atoms with van der Waals surface area (Å²) in [6, 6.07) is -0.0196. The zero-order chi connectivity index (χ0) is 18.9. The average molecular weight is 375 g/mol. The molecule has 0 unspecified atom stereocenters. The number of aromatic nitrogens is 2. The van der Waals surface area contributed by atoms with Crippen LogP contribution in [0, 0.1) is 5.41 Å². The van der Waals surface area contributed by atoms with Gasteiger partial charge >= 0.3 is 0 Å². The Labute approximate surface area is 162 Å². The van der Waals surface area contributed by atoms with Crippen LogP contribution in [0.25, 0.3) is 0 Å². The van der Waals surface area contributed by atoms with Crippen molar-refractivity contribution in [3.8, 4) is 0 Å². The number of likely N-dealkylation sites (tertiary alicyclic amines) is 1. The summed E-state index contributed by atoms with van der Waals surface area (Å²) in [5.74, 6) is 0.281. The van der Waals surface area contributed by atoms with Crippen LogP contribution in [0.1, 0.15) is 63.5 Å². The van der Waals surface area contributed by atoms with Crippen molar-refractivity contribution < 1.29 is 9.53 Å². The summed E-state index contributed by atoms with van der Waals surface area (Å²) < 4.78 is 8.05. The van der Waals surface area contributed by atoms with E-state index >= 15 is 0 Å². The standard InChI is InChI=1S/C21H34N4O2/c1-21(8-9-21)7-6-19(26)25-12-13-27-18(16-24-10-4-3-5-11-24)20(25)17-14-22-23(2)15-17/h14-15,18,20H,3-13,16H2,1-2H3/t18-,20-/m0/s1. The quantitative estimate of drug-likeness (QED) is 0.768. The molecule has 2 aliphatic heterocycles. The molecule has 3 aliphatic rings. The lowest BCUT2D eigenvalue weighted by molar-refractivity contribution is -0.149. The Balaban J connectivity index is 1.49. The molecule has 150 valence electrons. The summed E-state index contributed by atoms with van der Waals surface area (Å²) in [6.07, 6.45) is 12.1. The highest BCUT2D eigenvalue weighted by atomic mass is 16.5. The molecule has 0 spiro atoms. The number of rotatable bonds is 6. The van der Waals surface area contributed by atoms with Crippen LogP contribution >= 0.6 is 0 Å². The molecular formula is C21H34N4O2. The Bertz CT molecular complexity index is 648. The van der Waals surface area contributed by atoms with E-state index < -0.39 is 0 Å². The Morgan fingerprint density at radius 2 is 2.04 bits per heavy atom. The predicted molar refractivity (Wildman–Crippen MR) is 104 cm³/mol. The zero-order valence-electron chi connectivity index (χ0n) is 16.9. The second-order valence-electron chi connectivity index (χ2n) is 9.06. The van der Waals surface area contributed by atoms with Crippen LogP contribution in [0.3, 0.4) is 0 Å². The van der Waals surface area contributed by atoms with Crippen molar-refractivity contribution in [2.45, 2.75) is 64.0 Å². The van der Waals surface area contributed by atoms with Crippen LogP contribution in [0.4, 0.5) is 0 Å². The SMILES string of the molecule is Cn1cc([C@H]2[C@H](CN3CCCCC3)OCCN2C(=O)CCC2(C)CC2)cn1. The summed E-state index contributed by atoms with van der Waals surface area (Å²) in [4.78, 5) is 17.7. The molecule has 2 atom stereocenters. The number of carbonyl (C=O) groups is 1. The van der Waals surface area contributed by atoms with Gasteiger partial charge in [0.1, 0.15) is 0 Å². The fourth-order valence-corrected chi connectivity index (χ4v) is 4.57. The van der Waals surface area contributed by atoms with Crippen molar-refractivity contribution in [1.82, 2.24) is 19.6 Å². The number of ether oxygens (including phenoxy) is 1. The van der Waals surface area contributed by atoms with Gasteiger partial charge in [0, 0.05) is 38.3 Å². The summed E-state index contributed by atoms with van der Waals surface area (Å²) >= 11 is 0. The molecule has 0 N–H and O–H groups in total. The molecule has 1 saturated carbocycles. The van der Waals surface area contributed by atoms with E-state index in [2.05, 4.69) is 21.8 Å². The molecule has 2 saturated heterocycles. The summed E-state index contributed by atoms with van der Waals surface area (Å²) in [5.41, 5.74) is 1.52. The number of piperidine rings is 1. The van der Waals surface area contributed by atoms with Crippen LogP contribution in [0.15, 0.2) is 12.4 Å². The van der Waals surface area contributed by atoms with E-state index in [0.717, 1.165) is 31.6 Å². The lowest BCUT2D eigenvalue weighted by Gasteiger charge is -2.43. The van der Waals surface area contributed by atoms with E-state index in [0.29, 0.717) is 25.0 Å². The van der Waals surface area contributed by atoms with Gasteiger partial charge in [-0.25, -0.2) is 0 Å². The maximum Gasteiger partial charge on any atom is 0.223 e. The van der Waals surface area contributed by atoms with E-state index in [9.17, 15) is 4.79 Å². The van der Waals surface area contributed by atoms with Gasteiger partial charge in [-0.05, 0) is 50.6 Å². The minimum atomic E-state index is -0.0196. The first-order valence-electron chi connectivity index (χ1n) is 10.7. The highest BCUT2D eigenvalue weighted by molar-refractivity contribution is 5.77. The van der Waals surface area contributed by atoms with Gasteiger partial charge in [0.15, 0.2) is 0 Å². The Hall–Kier alpha value is -1.40. The van der Waals surface area contributed by atoms with Gasteiger partial charge in [0.05, 0.1) is 24.9 Å². The minimum absolute atomic E-state index is 0.0196. The summed E-state index contributed by atoms with van der Waals surface area (Å²) in [6.45, 7) is 6.82. The number of hydrogen-bond acceptors (Lipinski definition) is 4. The Kier molecular flexibility index (Phi) is 5.55. The van der Waals surface area contributed by atoms with Gasteiger partial charge in [0.2, 0.25) is 5.91 Å². The Morgan fingerprint density at radius 1 is 1.26 bits per heavy atom. The van der Waals surface area contributed by atoms with Crippen LogP contribution in [-0.4, -0.2) is 64.4 Å². The third-order valence-electron chi connectivity index (χ3n) is 6.67. The zero-order valence-corrected chi connectivity index (χ0v) is 16.9. The fraction of sp³-hybridized carbons (Fsp3) is 0.810. The van der Waals surface area contributed by atoms with Crippen LogP contribution < -0.4 is 0 Å². The number of amides is 1. The number of carbonyl (C=O) groups excluding carboxylic acids is 1. The van der Waals surface area contributed by atoms with Crippen molar-refractivity contribution in [3.05, 3.63) is 18.0 Å². The van der Waals surface area contributed by atoms with Gasteiger partial charge in [-0.15, -0.1) is 0 Å². The first-order chi connectivity index (χ1) is 13.0. The molecule has 4 rings (SSSR count). The fourth-order valence-electron chi connectivity index (χ4n) is 4.57. The third-order valence-corrected chi connectivity index (χ3v) is 6.67. The maximum absolute atomic E-state index is 13.1. The topological polar surface area (TPSA) is 50.6 Å². The van der Waals surface area contributed by atoms with Gasteiger partial charge in [-0.2, -0.15) is 5.10 Å². The second kappa shape index (κ2) is 7.92. The molecule has 6 nitrogen and oxygen atoms in total. The van der Waals surface area contributed by atoms with Crippen LogP contribution in [-0.2, 0) is 16.6 Å². The van der Waals surface area contributed by atoms with Gasteiger partial charge in [-0.3, -0.25) is 9.48 Å². The third kappa shape index (κ3) is 4.54. The first kappa shape index (κ1) is 18.9. The molecule has 27 heavy (non-hydrogen) atoms. The molecule has 0 bridgehead atoms. The minimum Gasteiger partial charge on any atom is -0.373 e. The second-order valence-corrected chi connectivity index (χ2v) is 9.06. The molecule has 6 heteroatoms. The molecule has 3 fully saturated rings. The van der Waals surface area contributed by atoms with E-state index in [-0.39, 0.29) is 18.1 Å². The molecule has 1 amide bonds. The van der Waals surface area contributed by atoms with Crippen molar-refractivity contribution in [2.24, 2.45) is 12.5 Å². The monoisotopic (exact) mass is 374 g/mol. The largest absolute Gasteiger partial charge is 0.373 e. The molecular weight excluding hydrogens is 340 g/mol. The van der Waals surface area contributed by atoms with Crippen LogP contribution in [0.5, 0.6) is 0 Å². The van der Waals surface area contributed by atoms with Crippen molar-refractivity contribution in [1.29, 1.82) is 0 Å². The van der Waals surface area contributed by atoms with Crippen molar-refractivity contribution in [3.63, 3.8) is 0 Å². The number of hydrogen-bond donors (Lipinski definition) is 0. The highest BCUT2D eigenvalue weighted by Gasteiger charge is 2.41. The lowest BCUT2D eigenvalue weighted by atomic mass is 9.97. The number of aryl methyl sites for hydroxylation is 1. The van der Waals surface area contributed by atoms with Crippen LogP contribution in [0.2, 0.25) is 0 Å². The van der Waals surface area contributed by atoms with E-state index in [4.69, 9.17) is 4.74 Å². The number of morpholine rings is 1. The molecule has 0 aromatic carbocycles. The highest BCUT2D eigenvalue weighted by Crippen LogP contribution is 2.49. The lowest BCUT2D eigenvalue weighted by Crippen LogP contribution is -2.52. The molecule has 1 aromatic heterocycles. The van der Waals surface area contributed by atoms with Gasteiger partial charge < -0.3 is 14.5 Å². The molecule has 3 heterocycles. The molecule has 0 radical (unpaired) electrons. The molecule has 1 aliphatic carbocycles. The summed E-state index contributed by atoms with van der Waals surface area (Å²) in [7, 11) is 1.94. The smallest absolute Gasteiger partial charge is 0.223 e. The van der Waals surface area contributed by atoms with Gasteiger partial charge in [-0.1, -0.05) is 13.3 Å². The Morgan fingerprint density at radius 3 is 2.70 bits per heavy atom. The first-order valence-corrected chi connectivity index (χ1v) is 10.7. The van der Waals surface area contributed by atoms with Crippen molar-refractivity contribution >= 4 is 5.91 Å².